The summed E-state index contributed by atoms with van der Waals surface area (Å²) in [6, 6.07) is 12.1. The van der Waals surface area contributed by atoms with E-state index in [0.717, 1.165) is 34.4 Å². The van der Waals surface area contributed by atoms with Gasteiger partial charge in [-0.3, -0.25) is 0 Å². The molecule has 1 fully saturated rings. The fraction of sp³-hybridized carbons (Fsp3) is 0.412. The molecule has 3 heteroatoms. The molecule has 3 rings (SSSR count). The normalized spacial score (nSPS) is 29.2. The van der Waals surface area contributed by atoms with Crippen molar-refractivity contribution in [2.24, 2.45) is 5.41 Å². The highest BCUT2D eigenvalue weighted by Crippen LogP contribution is 2.50. The molecule has 20 heavy (non-hydrogen) atoms. The van der Waals surface area contributed by atoms with E-state index in [0.29, 0.717) is 4.83 Å². The van der Waals surface area contributed by atoms with Crippen LogP contribution >= 0.6 is 27.5 Å². The van der Waals surface area contributed by atoms with Gasteiger partial charge in [-0.2, -0.15) is 0 Å². The second kappa shape index (κ2) is 5.23. The van der Waals surface area contributed by atoms with Gasteiger partial charge < -0.3 is 4.74 Å². The van der Waals surface area contributed by atoms with E-state index >= 15 is 0 Å². The molecule has 3 unspecified atom stereocenters. The third kappa shape index (κ3) is 2.14. The largest absolute Gasteiger partial charge is 0.489 e. The van der Waals surface area contributed by atoms with Crippen LogP contribution in [0, 0.1) is 5.41 Å². The number of hydrogen-bond acceptors (Lipinski definition) is 1. The van der Waals surface area contributed by atoms with Crippen molar-refractivity contribution in [1.82, 2.24) is 0 Å². The van der Waals surface area contributed by atoms with Crippen LogP contribution in [0.25, 0.3) is 10.8 Å². The van der Waals surface area contributed by atoms with Crippen LogP contribution in [0.15, 0.2) is 36.4 Å². The minimum absolute atomic E-state index is 0.209. The number of halogens is 2. The minimum atomic E-state index is 0.209. The highest BCUT2D eigenvalue weighted by atomic mass is 79.9. The average molecular weight is 354 g/mol. The standard InChI is InChI=1S/C17H18BrClO/c1-3-17(2)15(18)10-16(17)20-14-9-8-13(19)11-6-4-5-7-12(11)14/h4-9,15-16H,3,10H2,1-2H3. The van der Waals surface area contributed by atoms with Gasteiger partial charge in [0.1, 0.15) is 11.9 Å². The van der Waals surface area contributed by atoms with Crippen molar-refractivity contribution in [3.05, 3.63) is 41.4 Å². The van der Waals surface area contributed by atoms with Gasteiger partial charge >= 0.3 is 0 Å². The lowest BCUT2D eigenvalue weighted by atomic mass is 9.65. The Balaban J connectivity index is 1.95. The first-order valence-corrected chi connectivity index (χ1v) is 8.33. The molecule has 0 amide bonds. The summed E-state index contributed by atoms with van der Waals surface area (Å²) < 4.78 is 6.31. The van der Waals surface area contributed by atoms with E-state index in [1.54, 1.807) is 0 Å². The van der Waals surface area contributed by atoms with Crippen LogP contribution in [-0.4, -0.2) is 10.9 Å². The molecule has 1 aliphatic rings. The smallest absolute Gasteiger partial charge is 0.127 e. The fourth-order valence-corrected chi connectivity index (χ4v) is 4.08. The molecule has 2 aromatic carbocycles. The maximum Gasteiger partial charge on any atom is 0.127 e. The lowest BCUT2D eigenvalue weighted by Gasteiger charge is -2.50. The maximum absolute atomic E-state index is 6.31. The summed E-state index contributed by atoms with van der Waals surface area (Å²) >= 11 is 10.0. The van der Waals surface area contributed by atoms with Crippen molar-refractivity contribution >= 4 is 38.3 Å². The van der Waals surface area contributed by atoms with E-state index in [1.165, 1.54) is 0 Å². The first-order chi connectivity index (χ1) is 9.56. The Morgan fingerprint density at radius 3 is 2.60 bits per heavy atom. The lowest BCUT2D eigenvalue weighted by Crippen LogP contribution is -2.54. The molecule has 106 valence electrons. The van der Waals surface area contributed by atoms with Gasteiger partial charge in [0.25, 0.3) is 0 Å². The second-order valence-corrected chi connectivity index (χ2v) is 7.27. The van der Waals surface area contributed by atoms with Crippen LogP contribution in [0.1, 0.15) is 26.7 Å². The Morgan fingerprint density at radius 1 is 1.25 bits per heavy atom. The van der Waals surface area contributed by atoms with Gasteiger partial charge in [-0.1, -0.05) is 65.6 Å². The van der Waals surface area contributed by atoms with Crippen LogP contribution in [0.2, 0.25) is 5.02 Å². The zero-order valence-corrected chi connectivity index (χ0v) is 14.0. The number of alkyl halides is 1. The first-order valence-electron chi connectivity index (χ1n) is 7.04. The Labute approximate surface area is 133 Å². The number of ether oxygens (including phenoxy) is 1. The Hall–Kier alpha value is -0.730. The zero-order valence-electron chi connectivity index (χ0n) is 11.7. The number of benzene rings is 2. The highest BCUT2D eigenvalue weighted by Gasteiger charge is 2.50. The van der Waals surface area contributed by atoms with Gasteiger partial charge in [-0.25, -0.2) is 0 Å². The van der Waals surface area contributed by atoms with Gasteiger partial charge in [0.05, 0.1) is 0 Å². The predicted octanol–water partition coefficient (Wildman–Crippen LogP) is 5.82. The molecule has 2 aromatic rings. The monoisotopic (exact) mass is 352 g/mol. The molecule has 1 aliphatic carbocycles. The molecule has 3 atom stereocenters. The number of rotatable bonds is 3. The van der Waals surface area contributed by atoms with Crippen LogP contribution in [0.5, 0.6) is 5.75 Å². The summed E-state index contributed by atoms with van der Waals surface area (Å²) in [7, 11) is 0. The molecule has 0 saturated heterocycles. The van der Waals surface area contributed by atoms with Gasteiger partial charge in [0, 0.05) is 26.0 Å². The van der Waals surface area contributed by atoms with E-state index < -0.39 is 0 Å². The average Bonchev–Trinajstić information content (AvgIpc) is 2.48. The Kier molecular flexibility index (Phi) is 3.72. The third-order valence-corrected chi connectivity index (χ3v) is 6.48. The lowest BCUT2D eigenvalue weighted by molar-refractivity contribution is -0.0233. The molecule has 0 N–H and O–H groups in total. The van der Waals surface area contributed by atoms with Crippen molar-refractivity contribution < 1.29 is 4.74 Å². The number of fused-ring (bicyclic) bond motifs is 1. The summed E-state index contributed by atoms with van der Waals surface area (Å²) in [6.07, 6.45) is 2.43. The molecule has 1 nitrogen and oxygen atoms in total. The summed E-state index contributed by atoms with van der Waals surface area (Å²) in [5.41, 5.74) is 0.209. The molecule has 0 heterocycles. The maximum atomic E-state index is 6.31. The molecule has 0 radical (unpaired) electrons. The summed E-state index contributed by atoms with van der Waals surface area (Å²) in [5.74, 6) is 0.939. The van der Waals surface area contributed by atoms with Gasteiger partial charge in [0.2, 0.25) is 0 Å². The first kappa shape index (κ1) is 14.2. The minimum Gasteiger partial charge on any atom is -0.489 e. The van der Waals surface area contributed by atoms with Crippen LogP contribution in [0.3, 0.4) is 0 Å². The Bertz CT molecular complexity index is 642. The van der Waals surface area contributed by atoms with E-state index in [9.17, 15) is 0 Å². The Morgan fingerprint density at radius 2 is 1.95 bits per heavy atom. The molecular weight excluding hydrogens is 336 g/mol. The zero-order chi connectivity index (χ0) is 14.3. The molecule has 0 aromatic heterocycles. The predicted molar refractivity (Wildman–Crippen MR) is 89.1 cm³/mol. The number of hydrogen-bond donors (Lipinski definition) is 0. The van der Waals surface area contributed by atoms with Crippen LogP contribution in [-0.2, 0) is 0 Å². The SMILES string of the molecule is CCC1(C)C(Br)CC1Oc1ccc(Cl)c2ccccc12. The van der Waals surface area contributed by atoms with Crippen molar-refractivity contribution in [3.8, 4) is 5.75 Å². The molecule has 0 bridgehead atoms. The van der Waals surface area contributed by atoms with Crippen molar-refractivity contribution in [1.29, 1.82) is 0 Å². The fourth-order valence-electron chi connectivity index (χ4n) is 2.89. The van der Waals surface area contributed by atoms with Gasteiger partial charge in [-0.05, 0) is 25.0 Å². The molecule has 0 spiro atoms. The van der Waals surface area contributed by atoms with Crippen molar-refractivity contribution in [2.45, 2.75) is 37.6 Å². The van der Waals surface area contributed by atoms with Gasteiger partial charge in [-0.15, -0.1) is 0 Å². The summed E-state index contributed by atoms with van der Waals surface area (Å²) in [6.45, 7) is 4.52. The van der Waals surface area contributed by atoms with Crippen molar-refractivity contribution in [2.75, 3.05) is 0 Å². The summed E-state index contributed by atoms with van der Waals surface area (Å²) in [5, 5.41) is 2.93. The van der Waals surface area contributed by atoms with Crippen molar-refractivity contribution in [3.63, 3.8) is 0 Å². The van der Waals surface area contributed by atoms with E-state index in [2.05, 4.69) is 35.8 Å². The van der Waals surface area contributed by atoms with Crippen LogP contribution < -0.4 is 4.74 Å². The molecular formula is C17H18BrClO. The third-order valence-electron chi connectivity index (χ3n) is 4.73. The highest BCUT2D eigenvalue weighted by molar-refractivity contribution is 9.09. The molecule has 0 aliphatic heterocycles. The van der Waals surface area contributed by atoms with Gasteiger partial charge in [0.15, 0.2) is 0 Å². The van der Waals surface area contributed by atoms with E-state index in [-0.39, 0.29) is 11.5 Å². The van der Waals surface area contributed by atoms with E-state index in [1.807, 2.05) is 30.3 Å². The quantitative estimate of drug-likeness (QED) is 0.631. The van der Waals surface area contributed by atoms with Crippen LogP contribution in [0.4, 0.5) is 0 Å². The molecule has 1 saturated carbocycles. The summed E-state index contributed by atoms with van der Waals surface area (Å²) in [4.78, 5) is 0.545. The van der Waals surface area contributed by atoms with E-state index in [4.69, 9.17) is 16.3 Å². The second-order valence-electron chi connectivity index (χ2n) is 5.76. The topological polar surface area (TPSA) is 9.23 Å².